The standard InChI is InChI=1S/C21H21FO3/c22-19-11-9-17(10-12-19)20-14-18(21(23)25-20)8-4-5-13-24-15-16-6-2-1-3-7-16/h1-7,9-12,18,20H,8,13-15H2/b5-4-/t18-,20+/m0/s1. The van der Waals surface area contributed by atoms with Gasteiger partial charge in [-0.05, 0) is 29.7 Å². The van der Waals surface area contributed by atoms with Crippen molar-refractivity contribution in [2.24, 2.45) is 5.92 Å². The van der Waals surface area contributed by atoms with Crippen molar-refractivity contribution >= 4 is 5.97 Å². The van der Waals surface area contributed by atoms with Crippen molar-refractivity contribution in [2.75, 3.05) is 6.61 Å². The first-order valence-corrected chi connectivity index (χ1v) is 8.45. The first-order chi connectivity index (χ1) is 12.2. The Bertz CT molecular complexity index is 710. The van der Waals surface area contributed by atoms with E-state index in [1.54, 1.807) is 12.1 Å². The van der Waals surface area contributed by atoms with Crippen LogP contribution in [-0.4, -0.2) is 12.6 Å². The molecule has 2 atom stereocenters. The van der Waals surface area contributed by atoms with Crippen LogP contribution in [0.15, 0.2) is 66.7 Å². The summed E-state index contributed by atoms with van der Waals surface area (Å²) >= 11 is 0. The smallest absolute Gasteiger partial charge is 0.310 e. The number of ether oxygens (including phenoxy) is 2. The zero-order chi connectivity index (χ0) is 17.5. The van der Waals surface area contributed by atoms with Gasteiger partial charge in [0.05, 0.1) is 19.1 Å². The quantitative estimate of drug-likeness (QED) is 0.420. The summed E-state index contributed by atoms with van der Waals surface area (Å²) in [7, 11) is 0. The fraction of sp³-hybridized carbons (Fsp3) is 0.286. The Balaban J connectivity index is 1.41. The fourth-order valence-electron chi connectivity index (χ4n) is 2.86. The van der Waals surface area contributed by atoms with Crippen LogP contribution in [0.2, 0.25) is 0 Å². The van der Waals surface area contributed by atoms with Gasteiger partial charge in [0.15, 0.2) is 0 Å². The van der Waals surface area contributed by atoms with E-state index in [2.05, 4.69) is 0 Å². The molecule has 3 nitrogen and oxygen atoms in total. The third-order valence-electron chi connectivity index (χ3n) is 4.25. The number of carbonyl (C=O) groups excluding carboxylic acids is 1. The van der Waals surface area contributed by atoms with Gasteiger partial charge in [-0.15, -0.1) is 0 Å². The van der Waals surface area contributed by atoms with Gasteiger partial charge in [0, 0.05) is 6.42 Å². The van der Waals surface area contributed by atoms with Gasteiger partial charge < -0.3 is 9.47 Å². The summed E-state index contributed by atoms with van der Waals surface area (Å²) in [5.41, 5.74) is 1.98. The summed E-state index contributed by atoms with van der Waals surface area (Å²) in [4.78, 5) is 12.0. The van der Waals surface area contributed by atoms with Crippen LogP contribution in [0.4, 0.5) is 4.39 Å². The number of cyclic esters (lactones) is 1. The summed E-state index contributed by atoms with van der Waals surface area (Å²) in [5.74, 6) is -0.632. The fourth-order valence-corrected chi connectivity index (χ4v) is 2.86. The molecule has 1 saturated heterocycles. The Labute approximate surface area is 147 Å². The predicted molar refractivity (Wildman–Crippen MR) is 93.2 cm³/mol. The summed E-state index contributed by atoms with van der Waals surface area (Å²) in [6.07, 6.45) is 4.87. The van der Waals surface area contributed by atoms with Crippen LogP contribution in [-0.2, 0) is 20.9 Å². The van der Waals surface area contributed by atoms with Crippen LogP contribution >= 0.6 is 0 Å². The molecule has 2 aromatic rings. The van der Waals surface area contributed by atoms with Gasteiger partial charge in [-0.25, -0.2) is 4.39 Å². The molecule has 1 fully saturated rings. The highest BCUT2D eigenvalue weighted by molar-refractivity contribution is 5.75. The molecule has 3 rings (SSSR count). The summed E-state index contributed by atoms with van der Waals surface area (Å²) in [6.45, 7) is 1.08. The van der Waals surface area contributed by atoms with E-state index in [0.717, 1.165) is 11.1 Å². The molecule has 0 unspecified atom stereocenters. The van der Waals surface area contributed by atoms with Crippen LogP contribution in [0, 0.1) is 11.7 Å². The van der Waals surface area contributed by atoms with Gasteiger partial charge in [0.2, 0.25) is 0 Å². The van der Waals surface area contributed by atoms with Crippen LogP contribution < -0.4 is 0 Å². The van der Waals surface area contributed by atoms with E-state index in [4.69, 9.17) is 9.47 Å². The second kappa shape index (κ2) is 8.58. The lowest BCUT2D eigenvalue weighted by atomic mass is 9.97. The number of hydrogen-bond donors (Lipinski definition) is 0. The third kappa shape index (κ3) is 5.00. The zero-order valence-electron chi connectivity index (χ0n) is 13.9. The molecular weight excluding hydrogens is 319 g/mol. The number of hydrogen-bond acceptors (Lipinski definition) is 3. The molecule has 4 heteroatoms. The number of rotatable bonds is 7. The Morgan fingerprint density at radius 1 is 1.08 bits per heavy atom. The van der Waals surface area contributed by atoms with E-state index in [0.29, 0.717) is 26.1 Å². The van der Waals surface area contributed by atoms with Gasteiger partial charge >= 0.3 is 5.97 Å². The second-order valence-corrected chi connectivity index (χ2v) is 6.12. The largest absolute Gasteiger partial charge is 0.457 e. The normalized spacial score (nSPS) is 20.1. The highest BCUT2D eigenvalue weighted by Gasteiger charge is 2.34. The molecule has 0 bridgehead atoms. The molecule has 0 spiro atoms. The van der Waals surface area contributed by atoms with Crippen molar-refractivity contribution < 1.29 is 18.7 Å². The molecule has 0 saturated carbocycles. The van der Waals surface area contributed by atoms with E-state index in [9.17, 15) is 9.18 Å². The maximum absolute atomic E-state index is 13.0. The number of benzene rings is 2. The van der Waals surface area contributed by atoms with Crippen molar-refractivity contribution in [2.45, 2.75) is 25.6 Å². The lowest BCUT2D eigenvalue weighted by molar-refractivity contribution is -0.144. The van der Waals surface area contributed by atoms with Crippen LogP contribution in [0.3, 0.4) is 0 Å². The first-order valence-electron chi connectivity index (χ1n) is 8.45. The minimum absolute atomic E-state index is 0.152. The van der Waals surface area contributed by atoms with Crippen molar-refractivity contribution in [1.82, 2.24) is 0 Å². The number of allylic oxidation sites excluding steroid dienone is 1. The lowest BCUT2D eigenvalue weighted by Gasteiger charge is -2.08. The molecule has 0 radical (unpaired) electrons. The molecule has 0 aliphatic carbocycles. The van der Waals surface area contributed by atoms with Gasteiger partial charge in [0.25, 0.3) is 0 Å². The molecule has 25 heavy (non-hydrogen) atoms. The molecule has 1 aliphatic rings. The maximum atomic E-state index is 13.0. The molecule has 0 aromatic heterocycles. The van der Waals surface area contributed by atoms with E-state index >= 15 is 0 Å². The monoisotopic (exact) mass is 340 g/mol. The molecule has 0 N–H and O–H groups in total. The van der Waals surface area contributed by atoms with E-state index in [1.165, 1.54) is 12.1 Å². The first kappa shape index (κ1) is 17.4. The van der Waals surface area contributed by atoms with E-state index in [1.807, 2.05) is 42.5 Å². The van der Waals surface area contributed by atoms with E-state index < -0.39 is 0 Å². The predicted octanol–water partition coefficient (Wildman–Crippen LogP) is 4.59. The van der Waals surface area contributed by atoms with Crippen LogP contribution in [0.25, 0.3) is 0 Å². The van der Waals surface area contributed by atoms with Gasteiger partial charge in [-0.1, -0.05) is 54.6 Å². The SMILES string of the molecule is O=C1O[C@@H](c2ccc(F)cc2)C[C@@H]1C/C=C\COCc1ccccc1. The van der Waals surface area contributed by atoms with Crippen molar-refractivity contribution in [3.05, 3.63) is 83.7 Å². The van der Waals surface area contributed by atoms with Crippen molar-refractivity contribution in [3.63, 3.8) is 0 Å². The van der Waals surface area contributed by atoms with E-state index in [-0.39, 0.29) is 23.8 Å². The summed E-state index contributed by atoms with van der Waals surface area (Å²) in [6, 6.07) is 16.1. The topological polar surface area (TPSA) is 35.5 Å². The van der Waals surface area contributed by atoms with Crippen LogP contribution in [0.5, 0.6) is 0 Å². The third-order valence-corrected chi connectivity index (χ3v) is 4.25. The van der Waals surface area contributed by atoms with Crippen molar-refractivity contribution in [3.8, 4) is 0 Å². The highest BCUT2D eigenvalue weighted by Crippen LogP contribution is 2.35. The van der Waals surface area contributed by atoms with Crippen LogP contribution in [0.1, 0.15) is 30.1 Å². The molecule has 1 heterocycles. The average Bonchev–Trinajstić information content (AvgIpc) is 3.00. The zero-order valence-corrected chi connectivity index (χ0v) is 13.9. The summed E-state index contributed by atoms with van der Waals surface area (Å²) < 4.78 is 24.0. The highest BCUT2D eigenvalue weighted by atomic mass is 19.1. The Hall–Kier alpha value is -2.46. The van der Waals surface area contributed by atoms with Gasteiger partial charge in [-0.2, -0.15) is 0 Å². The Morgan fingerprint density at radius 3 is 2.60 bits per heavy atom. The van der Waals surface area contributed by atoms with Gasteiger partial charge in [0.1, 0.15) is 11.9 Å². The molecule has 0 amide bonds. The number of halogens is 1. The Morgan fingerprint density at radius 2 is 1.84 bits per heavy atom. The van der Waals surface area contributed by atoms with Gasteiger partial charge in [-0.3, -0.25) is 4.79 Å². The minimum atomic E-state index is -0.289. The summed E-state index contributed by atoms with van der Waals surface area (Å²) in [5, 5.41) is 0. The lowest BCUT2D eigenvalue weighted by Crippen LogP contribution is -2.06. The van der Waals surface area contributed by atoms with Crippen molar-refractivity contribution in [1.29, 1.82) is 0 Å². The molecule has 130 valence electrons. The molecule has 2 aromatic carbocycles. The maximum Gasteiger partial charge on any atom is 0.310 e. The average molecular weight is 340 g/mol. The Kier molecular flexibility index (Phi) is 5.96. The number of carbonyl (C=O) groups is 1. The minimum Gasteiger partial charge on any atom is -0.457 e. The molecule has 1 aliphatic heterocycles. The second-order valence-electron chi connectivity index (χ2n) is 6.12. The number of esters is 1. The molecular formula is C21H21FO3.